The van der Waals surface area contributed by atoms with Gasteiger partial charge in [-0.25, -0.2) is 4.79 Å². The Morgan fingerprint density at radius 2 is 1.93 bits per heavy atom. The van der Waals surface area contributed by atoms with E-state index < -0.39 is 5.60 Å². The highest BCUT2D eigenvalue weighted by molar-refractivity contribution is 5.82. The lowest BCUT2D eigenvalue weighted by atomic mass is 10.1. The number of amides is 1. The maximum absolute atomic E-state index is 12.2. The number of fused-ring (bicyclic) bond motifs is 1. The fourth-order valence-electron chi connectivity index (χ4n) is 3.27. The number of esters is 1. The normalized spacial score (nSPS) is 19.4. The van der Waals surface area contributed by atoms with Crippen LogP contribution in [0.2, 0.25) is 0 Å². The minimum atomic E-state index is -0.468. The van der Waals surface area contributed by atoms with Gasteiger partial charge in [0, 0.05) is 32.6 Å². The molecule has 0 radical (unpaired) electrons. The molecule has 0 aromatic heterocycles. The minimum Gasteiger partial charge on any atom is -0.469 e. The van der Waals surface area contributed by atoms with Gasteiger partial charge in [0.2, 0.25) is 0 Å². The number of methoxy groups -OCH3 is 1. The average Bonchev–Trinajstić information content (AvgIpc) is 3.01. The molecule has 1 saturated heterocycles. The van der Waals surface area contributed by atoms with E-state index in [0.717, 1.165) is 44.7 Å². The first-order chi connectivity index (χ1) is 12.8. The van der Waals surface area contributed by atoms with Gasteiger partial charge in [0.15, 0.2) is 5.96 Å². The number of hydrogen-bond donors (Lipinski definition) is 1. The Kier molecular flexibility index (Phi) is 7.74. The fourth-order valence-corrected chi connectivity index (χ4v) is 3.27. The molecular formula is C19H34N4O4. The molecule has 1 amide bonds. The number of nitrogens with one attached hydrogen (secondary N) is 1. The lowest BCUT2D eigenvalue weighted by Gasteiger charge is -2.39. The average molecular weight is 383 g/mol. The van der Waals surface area contributed by atoms with E-state index in [2.05, 4.69) is 19.9 Å². The van der Waals surface area contributed by atoms with Crippen LogP contribution in [0.25, 0.3) is 0 Å². The molecule has 8 nitrogen and oxygen atoms in total. The largest absolute Gasteiger partial charge is 0.469 e. The molecule has 0 aromatic rings. The maximum Gasteiger partial charge on any atom is 0.410 e. The highest BCUT2D eigenvalue weighted by Gasteiger charge is 2.36. The first-order valence-electron chi connectivity index (χ1n) is 9.90. The zero-order valence-corrected chi connectivity index (χ0v) is 17.1. The van der Waals surface area contributed by atoms with Gasteiger partial charge >= 0.3 is 12.1 Å². The third-order valence-electron chi connectivity index (χ3n) is 4.68. The Hall–Kier alpha value is -1.99. The molecule has 1 atom stereocenters. The van der Waals surface area contributed by atoms with Crippen LogP contribution in [0.15, 0.2) is 4.99 Å². The van der Waals surface area contributed by atoms with Crippen molar-refractivity contribution in [3.63, 3.8) is 0 Å². The van der Waals surface area contributed by atoms with Crippen LogP contribution in [-0.4, -0.2) is 79.3 Å². The number of unbranched alkanes of at least 4 members (excludes halogenated alkanes) is 3. The van der Waals surface area contributed by atoms with Crippen LogP contribution in [0.4, 0.5) is 4.79 Å². The first kappa shape index (κ1) is 21.3. The van der Waals surface area contributed by atoms with Gasteiger partial charge in [0.1, 0.15) is 5.60 Å². The number of ether oxygens (including phenoxy) is 2. The molecule has 1 unspecified atom stereocenters. The summed E-state index contributed by atoms with van der Waals surface area (Å²) in [5.74, 6) is 0.809. The molecule has 1 fully saturated rings. The molecule has 2 rings (SSSR count). The molecule has 27 heavy (non-hydrogen) atoms. The first-order valence-corrected chi connectivity index (χ1v) is 9.90. The molecule has 2 aliphatic heterocycles. The summed E-state index contributed by atoms with van der Waals surface area (Å²) in [5, 5.41) is 3.42. The van der Waals surface area contributed by atoms with Crippen molar-refractivity contribution in [1.29, 1.82) is 0 Å². The molecule has 1 N–H and O–H groups in total. The van der Waals surface area contributed by atoms with E-state index in [1.54, 1.807) is 4.90 Å². The van der Waals surface area contributed by atoms with Crippen molar-refractivity contribution in [2.45, 2.75) is 64.5 Å². The lowest BCUT2D eigenvalue weighted by molar-refractivity contribution is -0.140. The molecule has 0 bridgehead atoms. The number of hydrogen-bond acceptors (Lipinski definition) is 7. The summed E-state index contributed by atoms with van der Waals surface area (Å²) in [6, 6.07) is 0.230. The van der Waals surface area contributed by atoms with Gasteiger partial charge in [0.25, 0.3) is 0 Å². The third-order valence-corrected chi connectivity index (χ3v) is 4.68. The Bertz CT molecular complexity index is 544. The zero-order valence-electron chi connectivity index (χ0n) is 17.1. The number of guanidine groups is 1. The minimum absolute atomic E-state index is 0.134. The van der Waals surface area contributed by atoms with E-state index in [0.29, 0.717) is 26.1 Å². The number of piperazine rings is 1. The van der Waals surface area contributed by atoms with Crippen LogP contribution < -0.4 is 5.32 Å². The Morgan fingerprint density at radius 3 is 2.63 bits per heavy atom. The van der Waals surface area contributed by atoms with E-state index in [-0.39, 0.29) is 18.1 Å². The fraction of sp³-hybridized carbons (Fsp3) is 0.842. The van der Waals surface area contributed by atoms with Gasteiger partial charge in [-0.05, 0) is 33.6 Å². The van der Waals surface area contributed by atoms with Crippen molar-refractivity contribution in [3.05, 3.63) is 0 Å². The van der Waals surface area contributed by atoms with Gasteiger partial charge in [-0.1, -0.05) is 12.8 Å². The van der Waals surface area contributed by atoms with Gasteiger partial charge in [-0.2, -0.15) is 0 Å². The Morgan fingerprint density at radius 1 is 1.19 bits per heavy atom. The summed E-state index contributed by atoms with van der Waals surface area (Å²) in [7, 11) is 1.43. The Balaban J connectivity index is 1.63. The standard InChI is InChI=1S/C19H34N4O4/c1-19(2,3)27-18(25)22-11-12-23-15(14-22)13-21-17(23)20-10-8-6-5-7-9-16(24)26-4/h15H,5-14H2,1-4H3,(H,20,21). The molecule has 0 aromatic carbocycles. The van der Waals surface area contributed by atoms with Crippen molar-refractivity contribution in [3.8, 4) is 0 Å². The van der Waals surface area contributed by atoms with Gasteiger partial charge < -0.3 is 24.6 Å². The van der Waals surface area contributed by atoms with Gasteiger partial charge in [0.05, 0.1) is 19.7 Å². The highest BCUT2D eigenvalue weighted by Crippen LogP contribution is 2.18. The SMILES string of the molecule is COC(=O)CCCCCCNC1=NCC2CN(C(=O)OC(C)(C)C)CCN12. The van der Waals surface area contributed by atoms with Gasteiger partial charge in [-0.15, -0.1) is 0 Å². The predicted octanol–water partition coefficient (Wildman–Crippen LogP) is 1.99. The molecule has 0 spiro atoms. The molecule has 154 valence electrons. The van der Waals surface area contributed by atoms with Crippen LogP contribution in [0.1, 0.15) is 52.9 Å². The smallest absolute Gasteiger partial charge is 0.410 e. The number of nitrogens with zero attached hydrogens (tertiary/aromatic N) is 3. The lowest BCUT2D eigenvalue weighted by Crippen LogP contribution is -2.57. The summed E-state index contributed by atoms with van der Waals surface area (Å²) < 4.78 is 10.1. The van der Waals surface area contributed by atoms with E-state index in [4.69, 9.17) is 4.74 Å². The second-order valence-corrected chi connectivity index (χ2v) is 8.10. The van der Waals surface area contributed by atoms with E-state index in [1.165, 1.54) is 7.11 Å². The quantitative estimate of drug-likeness (QED) is 0.536. The summed E-state index contributed by atoms with van der Waals surface area (Å²) in [5.41, 5.74) is -0.468. The van der Waals surface area contributed by atoms with Crippen LogP contribution in [0, 0.1) is 0 Å². The predicted molar refractivity (Wildman–Crippen MR) is 104 cm³/mol. The molecule has 8 heteroatoms. The monoisotopic (exact) mass is 382 g/mol. The second-order valence-electron chi connectivity index (χ2n) is 8.10. The van der Waals surface area contributed by atoms with Crippen LogP contribution in [0.5, 0.6) is 0 Å². The van der Waals surface area contributed by atoms with Crippen LogP contribution in [-0.2, 0) is 14.3 Å². The number of rotatable bonds is 7. The summed E-state index contributed by atoms with van der Waals surface area (Å²) in [6.07, 6.45) is 4.29. The molecule has 0 aliphatic carbocycles. The molecular weight excluding hydrogens is 348 g/mol. The maximum atomic E-state index is 12.2. The van der Waals surface area contributed by atoms with E-state index >= 15 is 0 Å². The van der Waals surface area contributed by atoms with Crippen LogP contribution >= 0.6 is 0 Å². The zero-order chi connectivity index (χ0) is 19.9. The number of carbonyl (C=O) groups excluding carboxylic acids is 2. The topological polar surface area (TPSA) is 83.5 Å². The third kappa shape index (κ3) is 6.92. The summed E-state index contributed by atoms with van der Waals surface area (Å²) in [6.45, 7) is 9.31. The summed E-state index contributed by atoms with van der Waals surface area (Å²) in [4.78, 5) is 32.0. The molecule has 2 heterocycles. The summed E-state index contributed by atoms with van der Waals surface area (Å²) >= 11 is 0. The van der Waals surface area contributed by atoms with Crippen LogP contribution in [0.3, 0.4) is 0 Å². The second kappa shape index (κ2) is 9.80. The van der Waals surface area contributed by atoms with Crippen molar-refractivity contribution < 1.29 is 19.1 Å². The molecule has 2 aliphatic rings. The van der Waals surface area contributed by atoms with Crippen molar-refractivity contribution in [2.75, 3.05) is 39.8 Å². The van der Waals surface area contributed by atoms with Gasteiger partial charge in [-0.3, -0.25) is 9.79 Å². The van der Waals surface area contributed by atoms with E-state index in [9.17, 15) is 9.59 Å². The van der Waals surface area contributed by atoms with Crippen molar-refractivity contribution in [2.24, 2.45) is 4.99 Å². The van der Waals surface area contributed by atoms with E-state index in [1.807, 2.05) is 20.8 Å². The molecule has 0 saturated carbocycles. The number of aliphatic imine (C=N–C) groups is 1. The number of carbonyl (C=O) groups is 2. The van der Waals surface area contributed by atoms with Crippen molar-refractivity contribution >= 4 is 18.0 Å². The highest BCUT2D eigenvalue weighted by atomic mass is 16.6. The Labute approximate surface area is 162 Å². The van der Waals surface area contributed by atoms with Crippen molar-refractivity contribution in [1.82, 2.24) is 15.1 Å².